The molecule has 1 rings (SSSR count). The molecule has 0 bridgehead atoms. The fraction of sp³-hybridized carbons (Fsp3) is 0.400. The molecule has 19 heavy (non-hydrogen) atoms. The second-order valence-electron chi connectivity index (χ2n) is 3.56. The van der Waals surface area contributed by atoms with E-state index in [1.807, 2.05) is 0 Å². The fourth-order valence-electron chi connectivity index (χ4n) is 1.39. The van der Waals surface area contributed by atoms with Gasteiger partial charge in [-0.1, -0.05) is 29.8 Å². The van der Waals surface area contributed by atoms with Crippen molar-refractivity contribution < 1.29 is 35.1 Å². The highest BCUT2D eigenvalue weighted by Gasteiger charge is 2.76. The normalized spacial score (nSPS) is 16.5. The lowest BCUT2D eigenvalue weighted by molar-refractivity contribution is -0.349. The Kier molecular flexibility index (Phi) is 4.05. The summed E-state index contributed by atoms with van der Waals surface area (Å²) in [4.78, 5) is 0. The molecule has 1 aromatic carbocycles. The molecule has 1 atom stereocenters. The molecule has 1 unspecified atom stereocenters. The summed E-state index contributed by atoms with van der Waals surface area (Å²) in [7, 11) is 0. The first kappa shape index (κ1) is 16.0. The average molecular weight is 313 g/mol. The van der Waals surface area contributed by atoms with Gasteiger partial charge < -0.3 is 0 Å². The van der Waals surface area contributed by atoms with Crippen LogP contribution in [0.3, 0.4) is 0 Å². The Balaban J connectivity index is 3.55. The standard InChI is InChI=1S/C10H5ClF8/c11-6-4-2-1-3-5(6)8(14,7(12)13)9(15,16)10(17,18)19/h1-4,7H. The van der Waals surface area contributed by atoms with Gasteiger partial charge in [0.1, 0.15) is 0 Å². The van der Waals surface area contributed by atoms with Crippen molar-refractivity contribution in [3.05, 3.63) is 34.9 Å². The molecule has 0 heterocycles. The zero-order valence-electron chi connectivity index (χ0n) is 8.79. The molecule has 0 saturated heterocycles. The largest absolute Gasteiger partial charge is 0.457 e. The lowest BCUT2D eigenvalue weighted by Crippen LogP contribution is -2.56. The molecule has 108 valence electrons. The minimum Gasteiger partial charge on any atom is -0.225 e. The summed E-state index contributed by atoms with van der Waals surface area (Å²) in [5, 5.41) is -0.950. The van der Waals surface area contributed by atoms with Crippen molar-refractivity contribution in [3.8, 4) is 0 Å². The quantitative estimate of drug-likeness (QED) is 0.691. The highest BCUT2D eigenvalue weighted by Crippen LogP contribution is 2.54. The second kappa shape index (κ2) is 4.81. The minimum absolute atomic E-state index is 0.355. The van der Waals surface area contributed by atoms with Gasteiger partial charge in [0.25, 0.3) is 12.1 Å². The SMILES string of the molecule is FC(F)C(F)(c1ccccc1Cl)C(F)(F)C(F)(F)F. The number of hydrogen-bond donors (Lipinski definition) is 0. The smallest absolute Gasteiger partial charge is 0.225 e. The number of hydrogen-bond acceptors (Lipinski definition) is 0. The van der Waals surface area contributed by atoms with Crippen LogP contribution in [-0.2, 0) is 5.67 Å². The van der Waals surface area contributed by atoms with Crippen LogP contribution >= 0.6 is 11.6 Å². The van der Waals surface area contributed by atoms with E-state index in [1.165, 1.54) is 0 Å². The maximum atomic E-state index is 13.9. The van der Waals surface area contributed by atoms with Crippen LogP contribution in [0.25, 0.3) is 0 Å². The molecule has 0 amide bonds. The zero-order chi connectivity index (χ0) is 15.1. The van der Waals surface area contributed by atoms with Crippen LogP contribution in [-0.4, -0.2) is 18.5 Å². The number of halogens is 9. The maximum absolute atomic E-state index is 13.9. The molecule has 0 saturated carbocycles. The van der Waals surface area contributed by atoms with E-state index in [0.29, 0.717) is 6.07 Å². The third kappa shape index (κ3) is 2.37. The highest BCUT2D eigenvalue weighted by atomic mass is 35.5. The Morgan fingerprint density at radius 1 is 0.895 bits per heavy atom. The van der Waals surface area contributed by atoms with E-state index in [-0.39, 0.29) is 0 Å². The van der Waals surface area contributed by atoms with Crippen molar-refractivity contribution in [1.29, 1.82) is 0 Å². The maximum Gasteiger partial charge on any atom is 0.457 e. The van der Waals surface area contributed by atoms with Gasteiger partial charge in [0.15, 0.2) is 0 Å². The van der Waals surface area contributed by atoms with Crippen LogP contribution in [0.4, 0.5) is 35.1 Å². The van der Waals surface area contributed by atoms with E-state index >= 15 is 0 Å². The molecule has 0 fully saturated rings. The van der Waals surface area contributed by atoms with Gasteiger partial charge in [-0.3, -0.25) is 0 Å². The zero-order valence-corrected chi connectivity index (χ0v) is 9.54. The second-order valence-corrected chi connectivity index (χ2v) is 3.97. The topological polar surface area (TPSA) is 0 Å². The first-order valence-electron chi connectivity index (χ1n) is 4.63. The van der Waals surface area contributed by atoms with Crippen LogP contribution in [0.1, 0.15) is 5.56 Å². The van der Waals surface area contributed by atoms with E-state index in [1.54, 1.807) is 0 Å². The summed E-state index contributed by atoms with van der Waals surface area (Å²) >= 11 is 5.23. The van der Waals surface area contributed by atoms with Crippen molar-refractivity contribution in [2.24, 2.45) is 0 Å². The summed E-state index contributed by atoms with van der Waals surface area (Å²) in [5.41, 5.74) is -6.88. The molecule has 0 aliphatic rings. The first-order chi connectivity index (χ1) is 8.46. The van der Waals surface area contributed by atoms with Gasteiger partial charge in [-0.25, -0.2) is 13.2 Å². The van der Waals surface area contributed by atoms with Crippen LogP contribution in [0.2, 0.25) is 5.02 Å². The molecular weight excluding hydrogens is 308 g/mol. The van der Waals surface area contributed by atoms with Gasteiger partial charge in [0.05, 0.1) is 0 Å². The molecule has 0 spiro atoms. The predicted molar refractivity (Wildman–Crippen MR) is 51.2 cm³/mol. The van der Waals surface area contributed by atoms with E-state index in [9.17, 15) is 35.1 Å². The highest BCUT2D eigenvalue weighted by molar-refractivity contribution is 6.31. The lowest BCUT2D eigenvalue weighted by atomic mass is 9.88. The third-order valence-electron chi connectivity index (χ3n) is 2.38. The summed E-state index contributed by atoms with van der Waals surface area (Å²) in [5.74, 6) is -6.29. The molecule has 0 N–H and O–H groups in total. The molecular formula is C10H5ClF8. The monoisotopic (exact) mass is 312 g/mol. The Morgan fingerprint density at radius 3 is 1.74 bits per heavy atom. The summed E-state index contributed by atoms with van der Waals surface area (Å²) in [6.45, 7) is 0. The van der Waals surface area contributed by atoms with E-state index in [0.717, 1.165) is 18.2 Å². The molecule has 0 aliphatic heterocycles. The van der Waals surface area contributed by atoms with Crippen molar-refractivity contribution in [3.63, 3.8) is 0 Å². The molecule has 0 nitrogen and oxygen atoms in total. The number of alkyl halides is 8. The third-order valence-corrected chi connectivity index (χ3v) is 2.71. The van der Waals surface area contributed by atoms with Gasteiger partial charge >= 0.3 is 12.1 Å². The Bertz CT molecular complexity index is 455. The number of rotatable bonds is 3. The predicted octanol–water partition coefficient (Wildman–Crippen LogP) is 4.97. The Hall–Kier alpha value is -1.05. The van der Waals surface area contributed by atoms with Crippen LogP contribution in [0, 0.1) is 0 Å². The van der Waals surface area contributed by atoms with Crippen molar-refractivity contribution in [2.45, 2.75) is 24.2 Å². The van der Waals surface area contributed by atoms with E-state index < -0.39 is 34.8 Å². The van der Waals surface area contributed by atoms with Crippen LogP contribution in [0.15, 0.2) is 24.3 Å². The van der Waals surface area contributed by atoms with Gasteiger partial charge in [0, 0.05) is 10.6 Å². The van der Waals surface area contributed by atoms with Crippen molar-refractivity contribution in [1.82, 2.24) is 0 Å². The van der Waals surface area contributed by atoms with Crippen molar-refractivity contribution in [2.75, 3.05) is 0 Å². The van der Waals surface area contributed by atoms with Crippen molar-refractivity contribution >= 4 is 11.6 Å². The molecule has 9 heteroatoms. The molecule has 0 aromatic heterocycles. The van der Waals surface area contributed by atoms with Gasteiger partial charge in [-0.15, -0.1) is 0 Å². The van der Waals surface area contributed by atoms with E-state index in [4.69, 9.17) is 11.6 Å². The van der Waals surface area contributed by atoms with Crippen LogP contribution < -0.4 is 0 Å². The van der Waals surface area contributed by atoms with Gasteiger partial charge in [-0.05, 0) is 6.07 Å². The average Bonchev–Trinajstić information content (AvgIpc) is 2.26. The summed E-state index contributed by atoms with van der Waals surface area (Å²) in [6, 6.07) is 2.99. The molecule has 0 radical (unpaired) electrons. The van der Waals surface area contributed by atoms with E-state index in [2.05, 4.69) is 0 Å². The molecule has 1 aromatic rings. The molecule has 0 aliphatic carbocycles. The lowest BCUT2D eigenvalue weighted by Gasteiger charge is -2.34. The Labute approximate surface area is 107 Å². The Morgan fingerprint density at radius 2 is 1.37 bits per heavy atom. The van der Waals surface area contributed by atoms with Gasteiger partial charge in [0.2, 0.25) is 0 Å². The summed E-state index contributed by atoms with van der Waals surface area (Å²) < 4.78 is 102. The summed E-state index contributed by atoms with van der Waals surface area (Å²) in [6.07, 6.45) is -11.1. The van der Waals surface area contributed by atoms with Crippen LogP contribution in [0.5, 0.6) is 0 Å². The fourth-order valence-corrected chi connectivity index (χ4v) is 1.66. The minimum atomic E-state index is -6.49. The first-order valence-corrected chi connectivity index (χ1v) is 5.00. The number of benzene rings is 1. The van der Waals surface area contributed by atoms with Gasteiger partial charge in [-0.2, -0.15) is 22.0 Å².